The van der Waals surface area contributed by atoms with E-state index in [0.717, 1.165) is 18.5 Å². The van der Waals surface area contributed by atoms with Crippen molar-refractivity contribution >= 4 is 17.6 Å². The van der Waals surface area contributed by atoms with E-state index in [1.54, 1.807) is 24.0 Å². The second-order valence-electron chi connectivity index (χ2n) is 6.40. The van der Waals surface area contributed by atoms with Crippen molar-refractivity contribution in [3.63, 3.8) is 0 Å². The van der Waals surface area contributed by atoms with Gasteiger partial charge in [-0.1, -0.05) is 0 Å². The Labute approximate surface area is 141 Å². The highest BCUT2D eigenvalue weighted by Gasteiger charge is 2.28. The Morgan fingerprint density at radius 2 is 1.75 bits per heavy atom. The number of hydrogen-bond donors (Lipinski definition) is 2. The molecule has 6 nitrogen and oxygen atoms in total. The molecule has 3 amide bonds. The maximum atomic E-state index is 13.0. The second kappa shape index (κ2) is 7.07. The van der Waals surface area contributed by atoms with Gasteiger partial charge in [-0.05, 0) is 44.0 Å². The molecule has 1 aliphatic heterocycles. The Kier molecular flexibility index (Phi) is 4.87. The van der Waals surface area contributed by atoms with Gasteiger partial charge in [0.25, 0.3) is 0 Å². The molecule has 7 heteroatoms. The predicted molar refractivity (Wildman–Crippen MR) is 89.3 cm³/mol. The minimum Gasteiger partial charge on any atom is -0.368 e. The highest BCUT2D eigenvalue weighted by atomic mass is 19.1. The van der Waals surface area contributed by atoms with E-state index >= 15 is 0 Å². The molecule has 1 aliphatic carbocycles. The molecule has 0 bridgehead atoms. The molecule has 2 aliphatic rings. The number of hydrogen-bond acceptors (Lipinski definition) is 3. The highest BCUT2D eigenvalue weighted by Crippen LogP contribution is 2.19. The third-order valence-electron chi connectivity index (χ3n) is 4.42. The summed E-state index contributed by atoms with van der Waals surface area (Å²) < 4.78 is 13.0. The molecule has 1 atom stereocenters. The van der Waals surface area contributed by atoms with Crippen molar-refractivity contribution < 1.29 is 14.0 Å². The molecule has 1 saturated heterocycles. The summed E-state index contributed by atoms with van der Waals surface area (Å²) in [5, 5.41) is 5.64. The summed E-state index contributed by atoms with van der Waals surface area (Å²) in [4.78, 5) is 28.0. The third kappa shape index (κ3) is 4.15. The van der Waals surface area contributed by atoms with Crippen molar-refractivity contribution in [2.24, 2.45) is 0 Å². The van der Waals surface area contributed by atoms with Gasteiger partial charge in [0.15, 0.2) is 0 Å². The lowest BCUT2D eigenvalue weighted by molar-refractivity contribution is -0.122. The van der Waals surface area contributed by atoms with Crippen LogP contribution in [0.25, 0.3) is 0 Å². The quantitative estimate of drug-likeness (QED) is 0.873. The van der Waals surface area contributed by atoms with Crippen molar-refractivity contribution in [2.75, 3.05) is 31.1 Å². The van der Waals surface area contributed by atoms with E-state index in [-0.39, 0.29) is 23.8 Å². The summed E-state index contributed by atoms with van der Waals surface area (Å²) in [6.07, 6.45) is 2.05. The third-order valence-corrected chi connectivity index (χ3v) is 4.42. The zero-order valence-electron chi connectivity index (χ0n) is 13.8. The standard InChI is InChI=1S/C17H23FN4O2/c1-12(16(23)20-14-4-5-14)19-17(24)22-10-8-21(9-11-22)15-6-2-13(18)3-7-15/h2-3,6-7,12,14H,4-5,8-11H2,1H3,(H,19,24)(H,20,23)/t12-/m1/s1. The fourth-order valence-electron chi connectivity index (χ4n) is 2.72. The number of rotatable bonds is 4. The Balaban J connectivity index is 1.45. The minimum atomic E-state index is -0.534. The molecule has 1 aromatic rings. The Bertz CT molecular complexity index is 595. The monoisotopic (exact) mass is 334 g/mol. The number of carbonyl (C=O) groups excluding carboxylic acids is 2. The predicted octanol–water partition coefficient (Wildman–Crippen LogP) is 1.32. The molecule has 1 saturated carbocycles. The van der Waals surface area contributed by atoms with Crippen molar-refractivity contribution in [1.82, 2.24) is 15.5 Å². The molecule has 2 N–H and O–H groups in total. The first kappa shape index (κ1) is 16.5. The Hall–Kier alpha value is -2.31. The molecule has 3 rings (SSSR count). The van der Waals surface area contributed by atoms with Gasteiger partial charge in [0.1, 0.15) is 11.9 Å². The van der Waals surface area contributed by atoms with Crippen LogP contribution in [-0.4, -0.2) is 55.1 Å². The summed E-state index contributed by atoms with van der Waals surface area (Å²) in [5.74, 6) is -0.383. The van der Waals surface area contributed by atoms with Crippen molar-refractivity contribution in [1.29, 1.82) is 0 Å². The van der Waals surface area contributed by atoms with Gasteiger partial charge in [-0.15, -0.1) is 0 Å². The lowest BCUT2D eigenvalue weighted by Crippen LogP contribution is -2.55. The van der Waals surface area contributed by atoms with E-state index < -0.39 is 6.04 Å². The maximum absolute atomic E-state index is 13.0. The Morgan fingerprint density at radius 1 is 1.12 bits per heavy atom. The van der Waals surface area contributed by atoms with E-state index in [2.05, 4.69) is 15.5 Å². The van der Waals surface area contributed by atoms with Gasteiger partial charge in [0.05, 0.1) is 0 Å². The zero-order chi connectivity index (χ0) is 17.1. The smallest absolute Gasteiger partial charge is 0.318 e. The zero-order valence-corrected chi connectivity index (χ0v) is 13.8. The topological polar surface area (TPSA) is 64.7 Å². The minimum absolute atomic E-state index is 0.129. The second-order valence-corrected chi connectivity index (χ2v) is 6.40. The SMILES string of the molecule is C[C@@H](NC(=O)N1CCN(c2ccc(F)cc2)CC1)C(=O)NC1CC1. The van der Waals surface area contributed by atoms with Gasteiger partial charge < -0.3 is 20.4 Å². The molecule has 2 fully saturated rings. The summed E-state index contributed by atoms with van der Waals surface area (Å²) in [6, 6.07) is 5.91. The van der Waals surface area contributed by atoms with E-state index in [9.17, 15) is 14.0 Å². The summed E-state index contributed by atoms with van der Waals surface area (Å²) in [5.41, 5.74) is 0.952. The average molecular weight is 334 g/mol. The summed E-state index contributed by atoms with van der Waals surface area (Å²) in [7, 11) is 0. The summed E-state index contributed by atoms with van der Waals surface area (Å²) in [6.45, 7) is 4.20. The van der Waals surface area contributed by atoms with Crippen LogP contribution in [0, 0.1) is 5.82 Å². The van der Waals surface area contributed by atoms with Gasteiger partial charge >= 0.3 is 6.03 Å². The lowest BCUT2D eigenvalue weighted by Gasteiger charge is -2.36. The average Bonchev–Trinajstić information content (AvgIpc) is 3.39. The van der Waals surface area contributed by atoms with Crippen LogP contribution in [0.3, 0.4) is 0 Å². The van der Waals surface area contributed by atoms with E-state index in [1.807, 2.05) is 0 Å². The number of piperazine rings is 1. The number of urea groups is 1. The van der Waals surface area contributed by atoms with Crippen LogP contribution in [-0.2, 0) is 4.79 Å². The van der Waals surface area contributed by atoms with Crippen LogP contribution < -0.4 is 15.5 Å². The number of anilines is 1. The molecule has 0 aromatic heterocycles. The fourth-order valence-corrected chi connectivity index (χ4v) is 2.72. The number of nitrogens with zero attached hydrogens (tertiary/aromatic N) is 2. The first-order chi connectivity index (χ1) is 11.5. The number of amides is 3. The molecule has 1 aromatic carbocycles. The van der Waals surface area contributed by atoms with Crippen LogP contribution in [0.15, 0.2) is 24.3 Å². The number of benzene rings is 1. The van der Waals surface area contributed by atoms with Gasteiger partial charge in [-0.3, -0.25) is 4.79 Å². The lowest BCUT2D eigenvalue weighted by atomic mass is 10.2. The van der Waals surface area contributed by atoms with E-state index in [1.165, 1.54) is 12.1 Å². The first-order valence-electron chi connectivity index (χ1n) is 8.39. The van der Waals surface area contributed by atoms with Crippen LogP contribution in [0.4, 0.5) is 14.9 Å². The van der Waals surface area contributed by atoms with E-state index in [0.29, 0.717) is 26.2 Å². The largest absolute Gasteiger partial charge is 0.368 e. The molecule has 0 unspecified atom stereocenters. The molecule has 0 radical (unpaired) electrons. The molecule has 130 valence electrons. The van der Waals surface area contributed by atoms with Crippen molar-refractivity contribution in [2.45, 2.75) is 31.8 Å². The van der Waals surface area contributed by atoms with Crippen LogP contribution >= 0.6 is 0 Å². The molecule has 1 heterocycles. The first-order valence-corrected chi connectivity index (χ1v) is 8.39. The molecule has 24 heavy (non-hydrogen) atoms. The summed E-state index contributed by atoms with van der Waals surface area (Å²) >= 11 is 0. The Morgan fingerprint density at radius 3 is 2.33 bits per heavy atom. The van der Waals surface area contributed by atoms with Crippen molar-refractivity contribution in [3.05, 3.63) is 30.1 Å². The highest BCUT2D eigenvalue weighted by molar-refractivity contribution is 5.87. The molecular formula is C17H23FN4O2. The van der Waals surface area contributed by atoms with Gasteiger partial charge in [-0.25, -0.2) is 9.18 Å². The van der Waals surface area contributed by atoms with Crippen LogP contribution in [0.5, 0.6) is 0 Å². The van der Waals surface area contributed by atoms with Crippen molar-refractivity contribution in [3.8, 4) is 0 Å². The molecule has 0 spiro atoms. The van der Waals surface area contributed by atoms with E-state index in [4.69, 9.17) is 0 Å². The van der Waals surface area contributed by atoms with Gasteiger partial charge in [0, 0.05) is 37.9 Å². The maximum Gasteiger partial charge on any atom is 0.318 e. The molecular weight excluding hydrogens is 311 g/mol. The van der Waals surface area contributed by atoms with Gasteiger partial charge in [0.2, 0.25) is 5.91 Å². The number of halogens is 1. The number of nitrogens with one attached hydrogen (secondary N) is 2. The number of carbonyl (C=O) groups is 2. The van der Waals surface area contributed by atoms with Crippen LogP contribution in [0.2, 0.25) is 0 Å². The normalized spacial score (nSPS) is 18.9. The fraction of sp³-hybridized carbons (Fsp3) is 0.529. The van der Waals surface area contributed by atoms with Crippen LogP contribution in [0.1, 0.15) is 19.8 Å². The van der Waals surface area contributed by atoms with Gasteiger partial charge in [-0.2, -0.15) is 0 Å².